The molecule has 1 N–H and O–H groups in total. The van der Waals surface area contributed by atoms with Crippen molar-refractivity contribution >= 4 is 44.8 Å². The first-order chi connectivity index (χ1) is 8.56. The van der Waals surface area contributed by atoms with E-state index in [1.54, 1.807) is 24.4 Å². The molecule has 2 nitrogen and oxygen atoms in total. The molecule has 0 fully saturated rings. The number of hydrogen-bond donors (Lipinski definition) is 1. The number of hydrogen-bond acceptors (Lipinski definition) is 2. The number of nitrogens with one attached hydrogen (secondary N) is 1. The number of pyridine rings is 1. The Morgan fingerprint density at radius 2 is 2.06 bits per heavy atom. The third-order valence-corrected chi connectivity index (χ3v) is 3.66. The first kappa shape index (κ1) is 13.6. The number of halogens is 4. The van der Waals surface area contributed by atoms with Crippen LogP contribution in [-0.2, 0) is 6.54 Å². The largest absolute Gasteiger partial charge is 0.380 e. The monoisotopic (exact) mass is 348 g/mol. The molecular weight excluding hydrogens is 342 g/mol. The summed E-state index contributed by atoms with van der Waals surface area (Å²) < 4.78 is 14.2. The summed E-state index contributed by atoms with van der Waals surface area (Å²) in [5.41, 5.74) is 1.28. The number of aromatic nitrogens is 1. The minimum absolute atomic E-state index is 0.337. The Balaban J connectivity index is 2.09. The molecule has 1 aromatic heterocycles. The highest BCUT2D eigenvalue weighted by Gasteiger charge is 2.04. The fourth-order valence-corrected chi connectivity index (χ4v) is 1.99. The maximum Gasteiger partial charge on any atom is 0.143 e. The summed E-state index contributed by atoms with van der Waals surface area (Å²) in [6.07, 6.45) is 1.58. The molecule has 1 heterocycles. The van der Waals surface area contributed by atoms with Gasteiger partial charge in [-0.05, 0) is 34.1 Å². The zero-order valence-electron chi connectivity index (χ0n) is 9.05. The number of benzene rings is 1. The third-order valence-electron chi connectivity index (χ3n) is 2.29. The molecule has 0 bridgehead atoms. The molecule has 0 spiro atoms. The van der Waals surface area contributed by atoms with Crippen LogP contribution >= 0.6 is 39.1 Å². The Labute approximate surface area is 122 Å². The van der Waals surface area contributed by atoms with Gasteiger partial charge in [0.1, 0.15) is 11.0 Å². The van der Waals surface area contributed by atoms with E-state index in [4.69, 9.17) is 23.2 Å². The Bertz CT molecular complexity index is 578. The summed E-state index contributed by atoms with van der Waals surface area (Å²) in [5.74, 6) is -0.337. The van der Waals surface area contributed by atoms with Crippen LogP contribution in [0.1, 0.15) is 5.56 Å². The molecule has 2 aromatic rings. The van der Waals surface area contributed by atoms with Gasteiger partial charge in [0.15, 0.2) is 0 Å². The summed E-state index contributed by atoms with van der Waals surface area (Å²) in [6, 6.07) is 6.36. The predicted octanol–water partition coefficient (Wildman–Crippen LogP) is 4.90. The van der Waals surface area contributed by atoms with Crippen LogP contribution in [0.3, 0.4) is 0 Å². The summed E-state index contributed by atoms with van der Waals surface area (Å²) in [7, 11) is 0. The highest BCUT2D eigenvalue weighted by atomic mass is 79.9. The molecule has 0 unspecified atom stereocenters. The van der Waals surface area contributed by atoms with Crippen molar-refractivity contribution in [3.05, 3.63) is 56.5 Å². The zero-order chi connectivity index (χ0) is 13.1. The quantitative estimate of drug-likeness (QED) is 0.797. The summed E-state index contributed by atoms with van der Waals surface area (Å²) in [4.78, 5) is 3.97. The Morgan fingerprint density at radius 1 is 1.28 bits per heavy atom. The molecule has 0 atom stereocenters. The molecular formula is C12H8BrCl2FN2. The van der Waals surface area contributed by atoms with Gasteiger partial charge in [-0.3, -0.25) is 0 Å². The third kappa shape index (κ3) is 3.34. The van der Waals surface area contributed by atoms with Crippen molar-refractivity contribution in [2.24, 2.45) is 0 Å². The normalized spacial score (nSPS) is 10.4. The van der Waals surface area contributed by atoms with Gasteiger partial charge in [0.2, 0.25) is 0 Å². The van der Waals surface area contributed by atoms with Crippen LogP contribution in [0.4, 0.5) is 10.1 Å². The molecule has 0 amide bonds. The first-order valence-corrected chi connectivity index (χ1v) is 6.60. The average Bonchev–Trinajstić information content (AvgIpc) is 2.32. The van der Waals surface area contributed by atoms with E-state index in [1.165, 1.54) is 6.07 Å². The number of anilines is 1. The number of nitrogens with zero attached hydrogens (tertiary/aromatic N) is 1. The molecule has 94 valence electrons. The zero-order valence-corrected chi connectivity index (χ0v) is 12.2. The fourth-order valence-electron chi connectivity index (χ4n) is 1.38. The molecule has 2 rings (SSSR count). The lowest BCUT2D eigenvalue weighted by molar-refractivity contribution is 0.613. The highest BCUT2D eigenvalue weighted by Crippen LogP contribution is 2.23. The van der Waals surface area contributed by atoms with Crippen molar-refractivity contribution in [3.63, 3.8) is 0 Å². The van der Waals surface area contributed by atoms with Crippen molar-refractivity contribution in [1.82, 2.24) is 4.98 Å². The minimum atomic E-state index is -0.337. The molecule has 0 saturated carbocycles. The van der Waals surface area contributed by atoms with E-state index in [0.29, 0.717) is 26.8 Å². The van der Waals surface area contributed by atoms with Gasteiger partial charge < -0.3 is 5.32 Å². The lowest BCUT2D eigenvalue weighted by atomic mass is 10.2. The molecule has 1 aromatic carbocycles. The summed E-state index contributed by atoms with van der Waals surface area (Å²) in [5, 5.41) is 3.82. The van der Waals surface area contributed by atoms with E-state index in [-0.39, 0.29) is 5.82 Å². The van der Waals surface area contributed by atoms with Crippen LogP contribution < -0.4 is 5.32 Å². The van der Waals surface area contributed by atoms with E-state index in [2.05, 4.69) is 26.2 Å². The van der Waals surface area contributed by atoms with Crippen LogP contribution in [0, 0.1) is 5.82 Å². The minimum Gasteiger partial charge on any atom is -0.380 e. The molecule has 0 aliphatic rings. The van der Waals surface area contributed by atoms with Gasteiger partial charge in [-0.25, -0.2) is 9.37 Å². The molecule has 0 radical (unpaired) electrons. The van der Waals surface area contributed by atoms with Crippen LogP contribution in [0.25, 0.3) is 0 Å². The van der Waals surface area contributed by atoms with Gasteiger partial charge in [0.25, 0.3) is 0 Å². The molecule has 6 heteroatoms. The first-order valence-electron chi connectivity index (χ1n) is 5.05. The van der Waals surface area contributed by atoms with Gasteiger partial charge in [0, 0.05) is 17.1 Å². The van der Waals surface area contributed by atoms with Crippen LogP contribution in [-0.4, -0.2) is 4.98 Å². The van der Waals surface area contributed by atoms with Crippen LogP contribution in [0.5, 0.6) is 0 Å². The second-order valence-electron chi connectivity index (χ2n) is 3.59. The SMILES string of the molecule is Fc1cc(Cl)ccc1CNc1cnc(Cl)c(Br)c1. The van der Waals surface area contributed by atoms with Gasteiger partial charge in [-0.2, -0.15) is 0 Å². The van der Waals surface area contributed by atoms with Gasteiger partial charge in [-0.1, -0.05) is 29.3 Å². The van der Waals surface area contributed by atoms with Crippen molar-refractivity contribution in [2.45, 2.75) is 6.54 Å². The lowest BCUT2D eigenvalue weighted by Crippen LogP contribution is -2.02. The van der Waals surface area contributed by atoms with E-state index in [0.717, 1.165) is 5.69 Å². The van der Waals surface area contributed by atoms with E-state index in [1.807, 2.05) is 0 Å². The second-order valence-corrected chi connectivity index (χ2v) is 5.23. The van der Waals surface area contributed by atoms with E-state index >= 15 is 0 Å². The van der Waals surface area contributed by atoms with Gasteiger partial charge in [-0.15, -0.1) is 0 Å². The maximum atomic E-state index is 13.5. The van der Waals surface area contributed by atoms with E-state index < -0.39 is 0 Å². The topological polar surface area (TPSA) is 24.9 Å². The highest BCUT2D eigenvalue weighted by molar-refractivity contribution is 9.10. The fraction of sp³-hybridized carbons (Fsp3) is 0.0833. The van der Waals surface area contributed by atoms with Gasteiger partial charge >= 0.3 is 0 Å². The maximum absolute atomic E-state index is 13.5. The Hall–Kier alpha value is -0.840. The number of rotatable bonds is 3. The van der Waals surface area contributed by atoms with Crippen LogP contribution in [0.2, 0.25) is 10.2 Å². The molecule has 18 heavy (non-hydrogen) atoms. The van der Waals surface area contributed by atoms with Crippen molar-refractivity contribution in [2.75, 3.05) is 5.32 Å². The molecule has 0 aliphatic carbocycles. The second kappa shape index (κ2) is 5.87. The average molecular weight is 350 g/mol. The van der Waals surface area contributed by atoms with Crippen molar-refractivity contribution in [1.29, 1.82) is 0 Å². The summed E-state index contributed by atoms with van der Waals surface area (Å²) in [6.45, 7) is 0.346. The Kier molecular flexibility index (Phi) is 4.43. The molecule has 0 aliphatic heterocycles. The van der Waals surface area contributed by atoms with Gasteiger partial charge in [0.05, 0.1) is 16.4 Å². The van der Waals surface area contributed by atoms with Crippen molar-refractivity contribution in [3.8, 4) is 0 Å². The van der Waals surface area contributed by atoms with Crippen LogP contribution in [0.15, 0.2) is 34.9 Å². The predicted molar refractivity (Wildman–Crippen MR) is 75.7 cm³/mol. The lowest BCUT2D eigenvalue weighted by Gasteiger charge is -2.08. The Morgan fingerprint density at radius 3 is 2.72 bits per heavy atom. The summed E-state index contributed by atoms with van der Waals surface area (Å²) >= 11 is 14.7. The van der Waals surface area contributed by atoms with Crippen molar-refractivity contribution < 1.29 is 4.39 Å². The molecule has 0 saturated heterocycles. The standard InChI is InChI=1S/C12H8BrCl2FN2/c13-10-4-9(6-18-12(10)15)17-5-7-1-2-8(14)3-11(7)16/h1-4,6,17H,5H2. The van der Waals surface area contributed by atoms with E-state index in [9.17, 15) is 4.39 Å². The smallest absolute Gasteiger partial charge is 0.143 e.